The molecule has 29 heavy (non-hydrogen) atoms. The lowest BCUT2D eigenvalue weighted by Crippen LogP contribution is -2.44. The molecule has 0 saturated heterocycles. The van der Waals surface area contributed by atoms with Crippen molar-refractivity contribution in [2.45, 2.75) is 89.9 Å². The number of hydrogen-bond donors (Lipinski definition) is 2. The van der Waals surface area contributed by atoms with Crippen LogP contribution >= 0.6 is 12.4 Å². The Balaban J connectivity index is 0.00000300. The zero-order valence-electron chi connectivity index (χ0n) is 18.2. The molecule has 0 aliphatic heterocycles. The van der Waals surface area contributed by atoms with Gasteiger partial charge in [-0.15, -0.1) is 12.4 Å². The number of amides is 1. The van der Waals surface area contributed by atoms with Gasteiger partial charge in [-0.25, -0.2) is 4.79 Å². The summed E-state index contributed by atoms with van der Waals surface area (Å²) in [4.78, 5) is 11.9. The molecule has 162 valence electrons. The van der Waals surface area contributed by atoms with Crippen molar-refractivity contribution in [3.8, 4) is 0 Å². The van der Waals surface area contributed by atoms with E-state index in [1.54, 1.807) is 5.57 Å². The summed E-state index contributed by atoms with van der Waals surface area (Å²) in [6, 6.07) is 12.1. The van der Waals surface area contributed by atoms with Gasteiger partial charge in [-0.3, -0.25) is 0 Å². The van der Waals surface area contributed by atoms with Crippen molar-refractivity contribution in [1.82, 2.24) is 10.6 Å². The number of halogens is 1. The summed E-state index contributed by atoms with van der Waals surface area (Å²) in [5, 5.41) is 6.90. The van der Waals surface area contributed by atoms with Crippen LogP contribution in [0.2, 0.25) is 0 Å². The smallest absolute Gasteiger partial charge is 0.407 e. The van der Waals surface area contributed by atoms with Crippen LogP contribution in [0.3, 0.4) is 0 Å². The van der Waals surface area contributed by atoms with E-state index in [1.807, 2.05) is 20.8 Å². The van der Waals surface area contributed by atoms with Crippen LogP contribution in [0.15, 0.2) is 35.9 Å². The van der Waals surface area contributed by atoms with E-state index in [4.69, 9.17) is 4.74 Å². The Morgan fingerprint density at radius 3 is 2.31 bits per heavy atom. The average Bonchev–Trinajstić information content (AvgIpc) is 3.39. The minimum absolute atomic E-state index is 0. The fraction of sp³-hybridized carbons (Fsp3) is 0.625. The molecule has 5 heteroatoms. The van der Waals surface area contributed by atoms with E-state index >= 15 is 0 Å². The second-order valence-electron chi connectivity index (χ2n) is 9.29. The monoisotopic (exact) mass is 420 g/mol. The lowest BCUT2D eigenvalue weighted by atomic mass is 9.91. The van der Waals surface area contributed by atoms with Gasteiger partial charge in [0.05, 0.1) is 0 Å². The summed E-state index contributed by atoms with van der Waals surface area (Å²) in [5.74, 6) is 0.683. The molecule has 1 aromatic rings. The fourth-order valence-corrected chi connectivity index (χ4v) is 4.21. The van der Waals surface area contributed by atoms with Gasteiger partial charge in [0, 0.05) is 18.1 Å². The minimum Gasteiger partial charge on any atom is -0.444 e. The average molecular weight is 421 g/mol. The number of nitrogens with one attached hydrogen (secondary N) is 2. The molecule has 2 aliphatic rings. The van der Waals surface area contributed by atoms with Crippen molar-refractivity contribution >= 4 is 24.6 Å². The van der Waals surface area contributed by atoms with E-state index < -0.39 is 5.60 Å². The molecule has 2 fully saturated rings. The summed E-state index contributed by atoms with van der Waals surface area (Å²) in [6.45, 7) is 7.96. The van der Waals surface area contributed by atoms with E-state index in [2.05, 4.69) is 54.0 Å². The third-order valence-corrected chi connectivity index (χ3v) is 5.72. The van der Waals surface area contributed by atoms with Gasteiger partial charge in [0.2, 0.25) is 0 Å². The van der Waals surface area contributed by atoms with Crippen molar-refractivity contribution in [3.05, 3.63) is 41.5 Å². The van der Waals surface area contributed by atoms with Crippen molar-refractivity contribution in [3.63, 3.8) is 0 Å². The van der Waals surface area contributed by atoms with Crippen LogP contribution in [0, 0.1) is 5.92 Å². The molecule has 0 unspecified atom stereocenters. The van der Waals surface area contributed by atoms with Crippen LogP contribution < -0.4 is 10.6 Å². The van der Waals surface area contributed by atoms with Crippen LogP contribution in [0.25, 0.3) is 6.08 Å². The zero-order valence-corrected chi connectivity index (χ0v) is 19.1. The Morgan fingerprint density at radius 1 is 1.10 bits per heavy atom. The predicted molar refractivity (Wildman–Crippen MR) is 122 cm³/mol. The van der Waals surface area contributed by atoms with Crippen LogP contribution in [0.1, 0.15) is 71.8 Å². The van der Waals surface area contributed by atoms with Crippen molar-refractivity contribution in [1.29, 1.82) is 0 Å². The molecule has 2 atom stereocenters. The van der Waals surface area contributed by atoms with E-state index in [0.29, 0.717) is 18.0 Å². The van der Waals surface area contributed by atoms with Gasteiger partial charge in [0.15, 0.2) is 0 Å². The first-order valence-electron chi connectivity index (χ1n) is 10.8. The molecule has 0 radical (unpaired) electrons. The van der Waals surface area contributed by atoms with Gasteiger partial charge >= 0.3 is 6.09 Å². The van der Waals surface area contributed by atoms with Crippen LogP contribution in [0.4, 0.5) is 4.79 Å². The van der Waals surface area contributed by atoms with E-state index in [0.717, 1.165) is 32.1 Å². The first-order valence-corrected chi connectivity index (χ1v) is 10.8. The molecule has 1 aromatic carbocycles. The summed E-state index contributed by atoms with van der Waals surface area (Å²) in [5.41, 5.74) is 2.43. The molecule has 3 rings (SSSR count). The predicted octanol–water partition coefficient (Wildman–Crippen LogP) is 5.72. The molecule has 2 N–H and O–H groups in total. The van der Waals surface area contributed by atoms with Crippen molar-refractivity contribution in [2.75, 3.05) is 0 Å². The lowest BCUT2D eigenvalue weighted by Gasteiger charge is -2.30. The first-order chi connectivity index (χ1) is 13.3. The SMILES string of the molecule is CC/C(=C\c1ccccc1)[C@@H]1C[C@H]1NC1CCC(NC(=O)OC(C)(C)C)CC1.Cl. The second kappa shape index (κ2) is 10.5. The minimum atomic E-state index is -0.436. The third-order valence-electron chi connectivity index (χ3n) is 5.72. The van der Waals surface area contributed by atoms with E-state index in [-0.39, 0.29) is 24.5 Å². The highest BCUT2D eigenvalue weighted by atomic mass is 35.5. The number of rotatable bonds is 6. The summed E-state index contributed by atoms with van der Waals surface area (Å²) in [7, 11) is 0. The number of alkyl carbamates (subject to hydrolysis) is 1. The van der Waals surface area contributed by atoms with Gasteiger partial charge in [-0.05, 0) is 70.8 Å². The van der Waals surface area contributed by atoms with Gasteiger partial charge in [0.1, 0.15) is 5.60 Å². The number of benzene rings is 1. The molecule has 1 amide bonds. The second-order valence-corrected chi connectivity index (χ2v) is 9.29. The maximum Gasteiger partial charge on any atom is 0.407 e. The zero-order chi connectivity index (χ0) is 20.1. The third kappa shape index (κ3) is 7.67. The standard InChI is InChI=1S/C24H36N2O2.ClH/c1-5-18(15-17-9-7-6-8-10-17)21-16-22(21)25-19-11-13-20(14-12-19)26-23(27)28-24(2,3)4;/h6-10,15,19-22,25H,5,11-14,16H2,1-4H3,(H,26,27);1H/b18-15+;/t19?,20?,21-,22+;/m0./s1. The van der Waals surface area contributed by atoms with Crippen LogP contribution in [-0.4, -0.2) is 29.8 Å². The molecule has 0 aromatic heterocycles. The maximum absolute atomic E-state index is 11.9. The van der Waals surface area contributed by atoms with Gasteiger partial charge < -0.3 is 15.4 Å². The summed E-state index contributed by atoms with van der Waals surface area (Å²) >= 11 is 0. The Labute approximate surface area is 182 Å². The van der Waals surface area contributed by atoms with Gasteiger partial charge in [0.25, 0.3) is 0 Å². The molecule has 4 nitrogen and oxygen atoms in total. The number of hydrogen-bond acceptors (Lipinski definition) is 3. The molecule has 0 bridgehead atoms. The Bertz CT molecular complexity index is 676. The van der Waals surface area contributed by atoms with Crippen molar-refractivity contribution < 1.29 is 9.53 Å². The molecule has 2 saturated carbocycles. The quantitative estimate of drug-likeness (QED) is 0.619. The summed E-state index contributed by atoms with van der Waals surface area (Å²) in [6.07, 6.45) is 8.73. The first kappa shape index (κ1) is 23.8. The number of carbonyl (C=O) groups is 1. The van der Waals surface area contributed by atoms with Gasteiger partial charge in [-0.1, -0.05) is 48.9 Å². The maximum atomic E-state index is 11.9. The lowest BCUT2D eigenvalue weighted by molar-refractivity contribution is 0.0489. The Kier molecular flexibility index (Phi) is 8.59. The largest absolute Gasteiger partial charge is 0.444 e. The fourth-order valence-electron chi connectivity index (χ4n) is 4.21. The Hall–Kier alpha value is -1.52. The summed E-state index contributed by atoms with van der Waals surface area (Å²) < 4.78 is 5.37. The highest BCUT2D eigenvalue weighted by Gasteiger charge is 2.40. The van der Waals surface area contributed by atoms with E-state index in [1.165, 1.54) is 12.0 Å². The number of carbonyl (C=O) groups excluding carboxylic acids is 1. The molecular formula is C24H37ClN2O2. The van der Waals surface area contributed by atoms with Gasteiger partial charge in [-0.2, -0.15) is 0 Å². The Morgan fingerprint density at radius 2 is 1.72 bits per heavy atom. The van der Waals surface area contributed by atoms with Crippen molar-refractivity contribution in [2.24, 2.45) is 5.92 Å². The topological polar surface area (TPSA) is 50.4 Å². The molecule has 0 heterocycles. The van der Waals surface area contributed by atoms with Crippen LogP contribution in [0.5, 0.6) is 0 Å². The molecule has 0 spiro atoms. The highest BCUT2D eigenvalue weighted by molar-refractivity contribution is 5.85. The normalized spacial score (nSPS) is 27.0. The molecular weight excluding hydrogens is 384 g/mol. The molecule has 2 aliphatic carbocycles. The van der Waals surface area contributed by atoms with E-state index in [9.17, 15) is 4.79 Å². The van der Waals surface area contributed by atoms with Crippen LogP contribution in [-0.2, 0) is 4.74 Å². The number of ether oxygens (including phenoxy) is 1. The highest BCUT2D eigenvalue weighted by Crippen LogP contribution is 2.40.